The lowest BCUT2D eigenvalue weighted by molar-refractivity contribution is 0.270. The van der Waals surface area contributed by atoms with Crippen molar-refractivity contribution in [3.05, 3.63) is 36.4 Å². The van der Waals surface area contributed by atoms with Gasteiger partial charge < -0.3 is 15.1 Å². The van der Waals surface area contributed by atoms with E-state index in [9.17, 15) is 0 Å². The first-order chi connectivity index (χ1) is 12.7. The SMILES string of the molecule is CCN1CCN(c2cc(NCCC(C)C)nc(-c3ccccc3)n2)CC1. The van der Waals surface area contributed by atoms with Gasteiger partial charge in [-0.25, -0.2) is 9.97 Å². The molecule has 0 spiro atoms. The second-order valence-corrected chi connectivity index (χ2v) is 7.33. The molecular weight excluding hydrogens is 322 g/mol. The van der Waals surface area contributed by atoms with Gasteiger partial charge in [-0.3, -0.25) is 0 Å². The van der Waals surface area contributed by atoms with Crippen molar-refractivity contribution in [1.82, 2.24) is 14.9 Å². The van der Waals surface area contributed by atoms with E-state index in [1.807, 2.05) is 18.2 Å². The van der Waals surface area contributed by atoms with Crippen LogP contribution in [0.1, 0.15) is 27.2 Å². The first-order valence-corrected chi connectivity index (χ1v) is 9.81. The number of hydrogen-bond donors (Lipinski definition) is 1. The Balaban J connectivity index is 1.83. The molecule has 1 aliphatic heterocycles. The molecule has 1 saturated heterocycles. The standard InChI is InChI=1S/C21H31N5/c1-4-25-12-14-26(15-13-25)20-16-19(22-11-10-17(2)3)23-21(24-20)18-8-6-5-7-9-18/h5-9,16-17H,4,10-15H2,1-3H3,(H,22,23,24). The van der Waals surface area contributed by atoms with Crippen LogP contribution in [0.2, 0.25) is 0 Å². The smallest absolute Gasteiger partial charge is 0.163 e. The van der Waals surface area contributed by atoms with Gasteiger partial charge in [-0.05, 0) is 18.9 Å². The first-order valence-electron chi connectivity index (χ1n) is 9.81. The molecule has 1 aliphatic rings. The molecule has 1 aromatic carbocycles. The van der Waals surface area contributed by atoms with E-state index in [1.165, 1.54) is 0 Å². The second kappa shape index (κ2) is 8.99. The maximum Gasteiger partial charge on any atom is 0.163 e. The van der Waals surface area contributed by atoms with Gasteiger partial charge in [-0.2, -0.15) is 0 Å². The molecule has 0 aliphatic carbocycles. The molecule has 5 nitrogen and oxygen atoms in total. The van der Waals surface area contributed by atoms with Crippen LogP contribution in [0.4, 0.5) is 11.6 Å². The quantitative estimate of drug-likeness (QED) is 0.821. The number of piperazine rings is 1. The summed E-state index contributed by atoms with van der Waals surface area (Å²) in [6.07, 6.45) is 1.13. The summed E-state index contributed by atoms with van der Waals surface area (Å²) in [4.78, 5) is 14.5. The maximum atomic E-state index is 4.88. The molecule has 0 saturated carbocycles. The third-order valence-corrected chi connectivity index (χ3v) is 4.92. The molecule has 1 aromatic heterocycles. The van der Waals surface area contributed by atoms with E-state index in [1.54, 1.807) is 0 Å². The summed E-state index contributed by atoms with van der Waals surface area (Å²) in [5.74, 6) is 3.43. The van der Waals surface area contributed by atoms with E-state index in [0.29, 0.717) is 5.92 Å². The number of aromatic nitrogens is 2. The number of rotatable bonds is 7. The van der Waals surface area contributed by atoms with E-state index in [4.69, 9.17) is 9.97 Å². The Morgan fingerprint density at radius 3 is 2.42 bits per heavy atom. The molecule has 1 N–H and O–H groups in total. The van der Waals surface area contributed by atoms with Crippen LogP contribution in [-0.2, 0) is 0 Å². The summed E-state index contributed by atoms with van der Waals surface area (Å²) in [7, 11) is 0. The van der Waals surface area contributed by atoms with Crippen molar-refractivity contribution in [2.24, 2.45) is 5.92 Å². The molecule has 2 heterocycles. The Labute approximate surface area is 157 Å². The van der Waals surface area contributed by atoms with Crippen molar-refractivity contribution in [3.8, 4) is 11.4 Å². The molecule has 0 amide bonds. The van der Waals surface area contributed by atoms with Gasteiger partial charge in [0.05, 0.1) is 0 Å². The second-order valence-electron chi connectivity index (χ2n) is 7.33. The van der Waals surface area contributed by atoms with Crippen molar-refractivity contribution in [2.75, 3.05) is 49.5 Å². The summed E-state index contributed by atoms with van der Waals surface area (Å²) in [6, 6.07) is 12.4. The Bertz CT molecular complexity index is 678. The van der Waals surface area contributed by atoms with Gasteiger partial charge in [0, 0.05) is 44.4 Å². The Morgan fingerprint density at radius 1 is 1.04 bits per heavy atom. The monoisotopic (exact) mass is 353 g/mol. The van der Waals surface area contributed by atoms with Gasteiger partial charge in [0.2, 0.25) is 0 Å². The van der Waals surface area contributed by atoms with E-state index >= 15 is 0 Å². The highest BCUT2D eigenvalue weighted by atomic mass is 15.3. The van der Waals surface area contributed by atoms with E-state index in [-0.39, 0.29) is 0 Å². The van der Waals surface area contributed by atoms with Gasteiger partial charge in [-0.1, -0.05) is 51.1 Å². The third-order valence-electron chi connectivity index (χ3n) is 4.92. The molecule has 0 atom stereocenters. The van der Waals surface area contributed by atoms with Crippen molar-refractivity contribution in [3.63, 3.8) is 0 Å². The molecular formula is C21H31N5. The van der Waals surface area contributed by atoms with Crippen molar-refractivity contribution < 1.29 is 0 Å². The maximum absolute atomic E-state index is 4.88. The lowest BCUT2D eigenvalue weighted by Crippen LogP contribution is -2.46. The van der Waals surface area contributed by atoms with Gasteiger partial charge in [0.25, 0.3) is 0 Å². The summed E-state index contributed by atoms with van der Waals surface area (Å²) in [5.41, 5.74) is 1.06. The van der Waals surface area contributed by atoms with Crippen LogP contribution in [0, 0.1) is 5.92 Å². The number of nitrogens with zero attached hydrogens (tertiary/aromatic N) is 4. The fraction of sp³-hybridized carbons (Fsp3) is 0.524. The normalized spacial score (nSPS) is 15.5. The lowest BCUT2D eigenvalue weighted by atomic mass is 10.1. The average molecular weight is 354 g/mol. The van der Waals surface area contributed by atoms with Crippen LogP contribution in [0.25, 0.3) is 11.4 Å². The van der Waals surface area contributed by atoms with Crippen LogP contribution >= 0.6 is 0 Å². The number of hydrogen-bond acceptors (Lipinski definition) is 5. The zero-order valence-corrected chi connectivity index (χ0v) is 16.3. The predicted molar refractivity (Wildman–Crippen MR) is 110 cm³/mol. The Morgan fingerprint density at radius 2 is 1.77 bits per heavy atom. The van der Waals surface area contributed by atoms with Gasteiger partial charge in [-0.15, -0.1) is 0 Å². The third kappa shape index (κ3) is 4.94. The molecule has 1 fully saturated rings. The van der Waals surface area contributed by atoms with Crippen LogP contribution in [0.3, 0.4) is 0 Å². The minimum Gasteiger partial charge on any atom is -0.370 e. The predicted octanol–water partition coefficient (Wildman–Crippen LogP) is 3.74. The summed E-state index contributed by atoms with van der Waals surface area (Å²) in [5, 5.41) is 3.50. The minimum absolute atomic E-state index is 0.680. The molecule has 5 heteroatoms. The van der Waals surface area contributed by atoms with E-state index < -0.39 is 0 Å². The summed E-state index contributed by atoms with van der Waals surface area (Å²) >= 11 is 0. The van der Waals surface area contributed by atoms with Crippen LogP contribution in [0.5, 0.6) is 0 Å². The largest absolute Gasteiger partial charge is 0.370 e. The number of anilines is 2. The zero-order chi connectivity index (χ0) is 18.4. The number of benzene rings is 1. The average Bonchev–Trinajstić information content (AvgIpc) is 2.68. The molecule has 0 radical (unpaired) electrons. The van der Waals surface area contributed by atoms with Gasteiger partial charge >= 0.3 is 0 Å². The molecule has 140 valence electrons. The highest BCUT2D eigenvalue weighted by Crippen LogP contribution is 2.23. The first kappa shape index (κ1) is 18.6. The van der Waals surface area contributed by atoms with Crippen molar-refractivity contribution in [2.45, 2.75) is 27.2 Å². The van der Waals surface area contributed by atoms with Gasteiger partial charge in [0.15, 0.2) is 5.82 Å². The fourth-order valence-electron chi connectivity index (χ4n) is 3.19. The zero-order valence-electron chi connectivity index (χ0n) is 16.3. The van der Waals surface area contributed by atoms with E-state index in [2.05, 4.69) is 54.1 Å². The Hall–Kier alpha value is -2.14. The van der Waals surface area contributed by atoms with Crippen LogP contribution in [-0.4, -0.2) is 54.1 Å². The lowest BCUT2D eigenvalue weighted by Gasteiger charge is -2.35. The van der Waals surface area contributed by atoms with Crippen molar-refractivity contribution in [1.29, 1.82) is 0 Å². The van der Waals surface area contributed by atoms with Crippen molar-refractivity contribution >= 4 is 11.6 Å². The molecule has 0 bridgehead atoms. The van der Waals surface area contributed by atoms with E-state index in [0.717, 1.165) is 68.7 Å². The summed E-state index contributed by atoms with van der Waals surface area (Å²) in [6.45, 7) is 13.0. The number of likely N-dealkylation sites (N-methyl/N-ethyl adjacent to an activating group) is 1. The van der Waals surface area contributed by atoms with Crippen LogP contribution in [0.15, 0.2) is 36.4 Å². The Kier molecular flexibility index (Phi) is 6.45. The highest BCUT2D eigenvalue weighted by molar-refractivity contribution is 5.61. The molecule has 26 heavy (non-hydrogen) atoms. The molecule has 3 rings (SSSR count). The number of nitrogens with one attached hydrogen (secondary N) is 1. The van der Waals surface area contributed by atoms with Crippen LogP contribution < -0.4 is 10.2 Å². The summed E-state index contributed by atoms with van der Waals surface area (Å²) < 4.78 is 0. The minimum atomic E-state index is 0.680. The molecule has 2 aromatic rings. The highest BCUT2D eigenvalue weighted by Gasteiger charge is 2.18. The molecule has 0 unspecified atom stereocenters. The topological polar surface area (TPSA) is 44.3 Å². The van der Waals surface area contributed by atoms with Gasteiger partial charge in [0.1, 0.15) is 11.6 Å². The fourth-order valence-corrected chi connectivity index (χ4v) is 3.19.